The molecule has 0 radical (unpaired) electrons. The topological polar surface area (TPSA) is 0 Å². The quantitative estimate of drug-likeness (QED) is 0.632. The van der Waals surface area contributed by atoms with E-state index in [0.717, 1.165) is 6.07 Å². The van der Waals surface area contributed by atoms with Crippen LogP contribution in [0.1, 0.15) is 11.1 Å². The summed E-state index contributed by atoms with van der Waals surface area (Å²) < 4.78 is 25.6. The average molecular weight is 166 g/mol. The number of benzene rings is 1. The van der Waals surface area contributed by atoms with Crippen molar-refractivity contribution in [1.29, 1.82) is 0 Å². The summed E-state index contributed by atoms with van der Waals surface area (Å²) in [5.74, 6) is -1.74. The van der Waals surface area contributed by atoms with Crippen LogP contribution in [0.4, 0.5) is 8.78 Å². The van der Waals surface area contributed by atoms with Gasteiger partial charge >= 0.3 is 0 Å². The Bertz CT molecular complexity index is 327. The highest BCUT2D eigenvalue weighted by Crippen LogP contribution is 2.16. The van der Waals surface area contributed by atoms with Gasteiger partial charge in [-0.1, -0.05) is 25.3 Å². The maximum Gasteiger partial charge on any atom is 0.166 e. The van der Waals surface area contributed by atoms with Crippen LogP contribution in [-0.2, 0) is 0 Å². The number of hydrogen-bond acceptors (Lipinski definition) is 0. The molecular weight excluding hydrogens is 158 g/mol. The van der Waals surface area contributed by atoms with Gasteiger partial charge in [0.1, 0.15) is 0 Å². The van der Waals surface area contributed by atoms with Gasteiger partial charge in [-0.2, -0.15) is 0 Å². The minimum Gasteiger partial charge on any atom is -0.204 e. The second-order valence-corrected chi connectivity index (χ2v) is 2.31. The zero-order valence-electron chi connectivity index (χ0n) is 6.48. The van der Waals surface area contributed by atoms with Gasteiger partial charge in [0.05, 0.1) is 0 Å². The maximum atomic E-state index is 12.8. The van der Waals surface area contributed by atoms with Gasteiger partial charge in [0.15, 0.2) is 11.6 Å². The lowest BCUT2D eigenvalue weighted by atomic mass is 10.1. The van der Waals surface area contributed by atoms with E-state index >= 15 is 0 Å². The summed E-state index contributed by atoms with van der Waals surface area (Å²) in [6, 6.07) is 2.58. The van der Waals surface area contributed by atoms with Crippen LogP contribution in [0, 0.1) is 11.6 Å². The Kier molecular flexibility index (Phi) is 2.38. The molecule has 0 amide bonds. The standard InChI is InChI=1S/C10H8F2/c1-3-7-5-8(4-2)10(12)9(11)6-7/h3-6H,1-2H2. The third-order valence-electron chi connectivity index (χ3n) is 1.53. The Morgan fingerprint density at radius 1 is 1.08 bits per heavy atom. The molecule has 0 aliphatic carbocycles. The van der Waals surface area contributed by atoms with Gasteiger partial charge in [-0.25, -0.2) is 8.78 Å². The predicted octanol–water partition coefficient (Wildman–Crippen LogP) is 3.25. The fourth-order valence-electron chi connectivity index (χ4n) is 0.899. The van der Waals surface area contributed by atoms with Crippen molar-refractivity contribution in [3.63, 3.8) is 0 Å². The van der Waals surface area contributed by atoms with E-state index < -0.39 is 11.6 Å². The van der Waals surface area contributed by atoms with Gasteiger partial charge in [-0.3, -0.25) is 0 Å². The molecule has 2 heteroatoms. The van der Waals surface area contributed by atoms with Crippen LogP contribution in [0.15, 0.2) is 25.3 Å². The summed E-state index contributed by atoms with van der Waals surface area (Å²) in [7, 11) is 0. The third-order valence-corrected chi connectivity index (χ3v) is 1.53. The van der Waals surface area contributed by atoms with Crippen molar-refractivity contribution in [2.24, 2.45) is 0 Å². The third kappa shape index (κ3) is 1.42. The van der Waals surface area contributed by atoms with Crippen molar-refractivity contribution in [1.82, 2.24) is 0 Å². The van der Waals surface area contributed by atoms with Crippen LogP contribution in [0.3, 0.4) is 0 Å². The van der Waals surface area contributed by atoms with Gasteiger partial charge in [0, 0.05) is 5.56 Å². The lowest BCUT2D eigenvalue weighted by Gasteiger charge is -2.00. The Labute approximate surface area is 69.8 Å². The molecular formula is C10H8F2. The van der Waals surface area contributed by atoms with Crippen molar-refractivity contribution in [2.45, 2.75) is 0 Å². The highest BCUT2D eigenvalue weighted by atomic mass is 19.2. The summed E-state index contributed by atoms with van der Waals surface area (Å²) in [6.45, 7) is 6.82. The van der Waals surface area contributed by atoms with E-state index in [4.69, 9.17) is 0 Å². The van der Waals surface area contributed by atoms with Crippen molar-refractivity contribution in [3.8, 4) is 0 Å². The van der Waals surface area contributed by atoms with Crippen molar-refractivity contribution < 1.29 is 8.78 Å². The van der Waals surface area contributed by atoms with Crippen molar-refractivity contribution >= 4 is 12.2 Å². The molecule has 12 heavy (non-hydrogen) atoms. The predicted molar refractivity (Wildman–Crippen MR) is 46.5 cm³/mol. The van der Waals surface area contributed by atoms with E-state index in [9.17, 15) is 8.78 Å². The van der Waals surface area contributed by atoms with E-state index in [1.54, 1.807) is 0 Å². The first-order valence-corrected chi connectivity index (χ1v) is 3.43. The normalized spacial score (nSPS) is 9.50. The van der Waals surface area contributed by atoms with Gasteiger partial charge in [-0.05, 0) is 17.7 Å². The number of hydrogen-bond donors (Lipinski definition) is 0. The second-order valence-electron chi connectivity index (χ2n) is 2.31. The molecule has 0 aromatic heterocycles. The van der Waals surface area contributed by atoms with E-state index in [2.05, 4.69) is 13.2 Å². The lowest BCUT2D eigenvalue weighted by Crippen LogP contribution is -1.89. The highest BCUT2D eigenvalue weighted by Gasteiger charge is 2.06. The highest BCUT2D eigenvalue weighted by molar-refractivity contribution is 5.56. The summed E-state index contributed by atoms with van der Waals surface area (Å²) in [4.78, 5) is 0. The molecule has 0 unspecified atom stereocenters. The van der Waals surface area contributed by atoms with Crippen LogP contribution < -0.4 is 0 Å². The molecule has 0 spiro atoms. The average Bonchev–Trinajstić information content (AvgIpc) is 2.09. The molecule has 0 saturated heterocycles. The second kappa shape index (κ2) is 3.30. The van der Waals surface area contributed by atoms with Crippen molar-refractivity contribution in [2.75, 3.05) is 0 Å². The molecule has 0 nitrogen and oxygen atoms in total. The van der Waals surface area contributed by atoms with Gasteiger partial charge in [0.2, 0.25) is 0 Å². The van der Waals surface area contributed by atoms with E-state index in [1.165, 1.54) is 18.2 Å². The summed E-state index contributed by atoms with van der Waals surface area (Å²) in [6.07, 6.45) is 2.72. The van der Waals surface area contributed by atoms with E-state index in [0.29, 0.717) is 5.56 Å². The lowest BCUT2D eigenvalue weighted by molar-refractivity contribution is 0.507. The molecule has 0 bridgehead atoms. The van der Waals surface area contributed by atoms with Crippen LogP contribution >= 0.6 is 0 Å². The molecule has 1 aromatic carbocycles. The molecule has 0 aliphatic heterocycles. The Morgan fingerprint density at radius 2 is 1.75 bits per heavy atom. The first-order valence-electron chi connectivity index (χ1n) is 3.43. The Morgan fingerprint density at radius 3 is 2.25 bits per heavy atom. The Balaban J connectivity index is 3.37. The number of rotatable bonds is 2. The van der Waals surface area contributed by atoms with Crippen LogP contribution in [-0.4, -0.2) is 0 Å². The molecule has 1 aromatic rings. The summed E-state index contributed by atoms with van der Waals surface area (Å²) in [5, 5.41) is 0. The number of halogens is 2. The molecule has 1 rings (SSSR count). The minimum atomic E-state index is -0.873. The van der Waals surface area contributed by atoms with Crippen molar-refractivity contribution in [3.05, 3.63) is 48.1 Å². The fourth-order valence-corrected chi connectivity index (χ4v) is 0.899. The monoisotopic (exact) mass is 166 g/mol. The zero-order valence-corrected chi connectivity index (χ0v) is 6.48. The molecule has 0 N–H and O–H groups in total. The summed E-state index contributed by atoms with van der Waals surface area (Å²) in [5.41, 5.74) is 0.703. The molecule has 0 heterocycles. The molecule has 0 saturated carbocycles. The van der Waals surface area contributed by atoms with Crippen LogP contribution in [0.2, 0.25) is 0 Å². The first-order chi connectivity index (χ1) is 5.69. The molecule has 0 aliphatic rings. The van der Waals surface area contributed by atoms with E-state index in [-0.39, 0.29) is 5.56 Å². The van der Waals surface area contributed by atoms with E-state index in [1.807, 2.05) is 0 Å². The molecule has 0 fully saturated rings. The smallest absolute Gasteiger partial charge is 0.166 e. The molecule has 0 atom stereocenters. The fraction of sp³-hybridized carbons (Fsp3) is 0. The summed E-state index contributed by atoms with van der Waals surface area (Å²) >= 11 is 0. The van der Waals surface area contributed by atoms with Crippen LogP contribution in [0.5, 0.6) is 0 Å². The molecule has 62 valence electrons. The Hall–Kier alpha value is -1.44. The zero-order chi connectivity index (χ0) is 9.14. The first kappa shape index (κ1) is 8.65. The SMILES string of the molecule is C=Cc1cc(F)c(F)c(C=C)c1. The van der Waals surface area contributed by atoms with Gasteiger partial charge < -0.3 is 0 Å². The van der Waals surface area contributed by atoms with Gasteiger partial charge in [-0.15, -0.1) is 0 Å². The van der Waals surface area contributed by atoms with Crippen LogP contribution in [0.25, 0.3) is 12.2 Å². The van der Waals surface area contributed by atoms with Gasteiger partial charge in [0.25, 0.3) is 0 Å². The maximum absolute atomic E-state index is 12.8. The minimum absolute atomic E-state index is 0.157. The largest absolute Gasteiger partial charge is 0.204 e.